The van der Waals surface area contributed by atoms with Crippen LogP contribution >= 0.6 is 0 Å². The Morgan fingerprint density at radius 2 is 1.78 bits per heavy atom. The number of para-hydroxylation sites is 1. The smallest absolute Gasteiger partial charge is 0.475 e. The molecule has 0 radical (unpaired) electrons. The summed E-state index contributed by atoms with van der Waals surface area (Å²) in [4.78, 5) is 42.9. The number of primary amides is 1. The predicted molar refractivity (Wildman–Crippen MR) is 130 cm³/mol. The van der Waals surface area contributed by atoms with Gasteiger partial charge >= 0.3 is 12.1 Å². The molecule has 0 saturated heterocycles. The number of hydrogen-bond acceptors (Lipinski definition) is 6. The zero-order chi connectivity index (χ0) is 27.2. The number of carboxylic acids is 1. The molecule has 0 spiro atoms. The number of fused-ring (bicyclic) bond motifs is 1. The summed E-state index contributed by atoms with van der Waals surface area (Å²) in [5.41, 5.74) is 10.5. The molecule has 5 N–H and O–H groups in total. The lowest BCUT2D eigenvalue weighted by Crippen LogP contribution is -2.40. The molecule has 1 amide bonds. The van der Waals surface area contributed by atoms with Crippen LogP contribution in [-0.4, -0.2) is 63.4 Å². The van der Waals surface area contributed by atoms with E-state index in [9.17, 15) is 22.8 Å². The van der Waals surface area contributed by atoms with E-state index >= 15 is 0 Å². The van der Waals surface area contributed by atoms with Crippen LogP contribution < -0.4 is 11.1 Å². The molecule has 0 saturated carbocycles. The first-order chi connectivity index (χ1) is 17.5. The van der Waals surface area contributed by atoms with Crippen molar-refractivity contribution in [2.75, 3.05) is 18.9 Å². The number of nitrogens with two attached hydrogens (primary N) is 1. The van der Waals surface area contributed by atoms with Gasteiger partial charge in [-0.2, -0.15) is 13.2 Å². The summed E-state index contributed by atoms with van der Waals surface area (Å²) < 4.78 is 31.7. The van der Waals surface area contributed by atoms with Gasteiger partial charge in [0.1, 0.15) is 0 Å². The molecule has 1 aliphatic carbocycles. The number of benzene rings is 1. The SMILES string of the molecule is CN(CCC(N)=O)C1CC(=O)c2c([nH]c(-c3ccncc3)c2Nc2ccccc2)C1.O=C(O)C(F)(F)F. The van der Waals surface area contributed by atoms with Gasteiger partial charge in [-0.1, -0.05) is 18.2 Å². The van der Waals surface area contributed by atoms with Crippen molar-refractivity contribution in [2.24, 2.45) is 5.73 Å². The Bertz CT molecular complexity index is 1250. The number of halogens is 3. The topological polar surface area (TPSA) is 141 Å². The first-order valence-corrected chi connectivity index (χ1v) is 11.3. The first-order valence-electron chi connectivity index (χ1n) is 11.3. The van der Waals surface area contributed by atoms with E-state index < -0.39 is 12.1 Å². The van der Waals surface area contributed by atoms with E-state index in [4.69, 9.17) is 15.6 Å². The van der Waals surface area contributed by atoms with Gasteiger partial charge in [-0.25, -0.2) is 4.79 Å². The number of Topliss-reactive ketones (excluding diaryl/α,β-unsaturated/α-hetero) is 1. The number of carboxylic acid groups (broad SMARTS) is 1. The summed E-state index contributed by atoms with van der Waals surface area (Å²) in [5, 5.41) is 10.6. The van der Waals surface area contributed by atoms with Crippen molar-refractivity contribution in [1.82, 2.24) is 14.9 Å². The largest absolute Gasteiger partial charge is 0.490 e. The van der Waals surface area contributed by atoms with E-state index in [2.05, 4.69) is 15.3 Å². The van der Waals surface area contributed by atoms with Crippen LogP contribution in [0, 0.1) is 0 Å². The number of aromatic nitrogens is 2. The molecule has 9 nitrogen and oxygen atoms in total. The molecule has 12 heteroatoms. The van der Waals surface area contributed by atoms with E-state index in [1.54, 1.807) is 12.4 Å². The highest BCUT2D eigenvalue weighted by molar-refractivity contribution is 6.07. The molecule has 0 fully saturated rings. The Morgan fingerprint density at radius 3 is 2.35 bits per heavy atom. The molecular weight excluding hydrogens is 491 g/mol. The van der Waals surface area contributed by atoms with Crippen molar-refractivity contribution >= 4 is 29.0 Å². The molecule has 3 aromatic rings. The lowest BCUT2D eigenvalue weighted by Gasteiger charge is -2.30. The molecule has 4 rings (SSSR count). The summed E-state index contributed by atoms with van der Waals surface area (Å²) in [7, 11) is 1.93. The van der Waals surface area contributed by atoms with Crippen LogP contribution in [0.1, 0.15) is 28.9 Å². The highest BCUT2D eigenvalue weighted by atomic mass is 19.4. The van der Waals surface area contributed by atoms with E-state index in [0.29, 0.717) is 24.9 Å². The summed E-state index contributed by atoms with van der Waals surface area (Å²) in [5.74, 6) is -3.01. The van der Waals surface area contributed by atoms with Gasteiger partial charge in [0.05, 0.1) is 16.9 Å². The zero-order valence-corrected chi connectivity index (χ0v) is 19.9. The number of pyridine rings is 1. The third-order valence-electron chi connectivity index (χ3n) is 5.81. The van der Waals surface area contributed by atoms with Gasteiger partial charge in [0.2, 0.25) is 5.91 Å². The number of rotatable bonds is 7. The number of carbonyl (C=O) groups excluding carboxylic acids is 2. The maximum atomic E-state index is 13.2. The fraction of sp³-hybridized carbons (Fsp3) is 0.280. The Kier molecular flexibility index (Phi) is 8.66. The standard InChI is InChI=1S/C23H25N5O2.C2HF3O2/c1-28(12-9-20(24)30)17-13-18-21(19(29)14-17)23(26-16-5-3-2-4-6-16)22(27-18)15-7-10-25-11-8-15;3-2(4,5)1(6)7/h2-8,10-11,17,26-27H,9,12-14H2,1H3,(H2,24,30);(H,6,7). The molecule has 2 heterocycles. The minimum Gasteiger partial charge on any atom is -0.475 e. The van der Waals surface area contributed by atoms with Crippen molar-refractivity contribution < 1.29 is 32.7 Å². The number of aliphatic carboxylic acids is 1. The number of hydrogen-bond donors (Lipinski definition) is 4. The quantitative estimate of drug-likeness (QED) is 0.374. The maximum Gasteiger partial charge on any atom is 0.490 e. The van der Waals surface area contributed by atoms with Crippen LogP contribution in [0.2, 0.25) is 0 Å². The van der Waals surface area contributed by atoms with Crippen LogP contribution in [0.4, 0.5) is 24.5 Å². The van der Waals surface area contributed by atoms with Crippen molar-refractivity contribution in [3.8, 4) is 11.3 Å². The molecule has 0 bridgehead atoms. The van der Waals surface area contributed by atoms with Crippen LogP contribution in [0.25, 0.3) is 11.3 Å². The Morgan fingerprint density at radius 1 is 1.16 bits per heavy atom. The van der Waals surface area contributed by atoms with Crippen molar-refractivity contribution in [3.63, 3.8) is 0 Å². The van der Waals surface area contributed by atoms with E-state index in [1.807, 2.05) is 54.4 Å². The van der Waals surface area contributed by atoms with Gasteiger partial charge < -0.3 is 26.0 Å². The van der Waals surface area contributed by atoms with Crippen LogP contribution in [-0.2, 0) is 16.0 Å². The number of anilines is 2. The first kappa shape index (κ1) is 27.4. The summed E-state index contributed by atoms with van der Waals surface area (Å²) in [6.45, 7) is 0.537. The third kappa shape index (κ3) is 7.17. The van der Waals surface area contributed by atoms with Gasteiger partial charge in [0.25, 0.3) is 0 Å². The number of alkyl halides is 3. The van der Waals surface area contributed by atoms with Crippen molar-refractivity contribution in [2.45, 2.75) is 31.5 Å². The number of likely N-dealkylation sites (N-methyl/N-ethyl adjacent to an activating group) is 1. The molecule has 1 aromatic carbocycles. The molecular formula is C25H26F3N5O4. The molecule has 1 aliphatic rings. The summed E-state index contributed by atoms with van der Waals surface area (Å²) in [6.07, 6.45) is -0.223. The van der Waals surface area contributed by atoms with Crippen LogP contribution in [0.15, 0.2) is 54.9 Å². The molecule has 2 aromatic heterocycles. The minimum absolute atomic E-state index is 0.0258. The number of amides is 1. The van der Waals surface area contributed by atoms with Crippen LogP contribution in [0.3, 0.4) is 0 Å². The highest BCUT2D eigenvalue weighted by Gasteiger charge is 2.38. The fourth-order valence-corrected chi connectivity index (χ4v) is 3.94. The number of nitrogens with one attached hydrogen (secondary N) is 2. The molecule has 1 unspecified atom stereocenters. The van der Waals surface area contributed by atoms with Gasteiger partial charge in [-0.05, 0) is 31.3 Å². The van der Waals surface area contributed by atoms with E-state index in [1.165, 1.54) is 0 Å². The number of H-pyrrole nitrogens is 1. The summed E-state index contributed by atoms with van der Waals surface area (Å²) in [6, 6.07) is 13.7. The fourth-order valence-electron chi connectivity index (χ4n) is 3.94. The van der Waals surface area contributed by atoms with Crippen LogP contribution in [0.5, 0.6) is 0 Å². The highest BCUT2D eigenvalue weighted by Crippen LogP contribution is 2.39. The number of carbonyl (C=O) groups is 3. The Labute approximate surface area is 210 Å². The summed E-state index contributed by atoms with van der Waals surface area (Å²) >= 11 is 0. The molecule has 196 valence electrons. The van der Waals surface area contributed by atoms with Gasteiger partial charge in [0.15, 0.2) is 5.78 Å². The van der Waals surface area contributed by atoms with Gasteiger partial charge in [-0.3, -0.25) is 14.6 Å². The lowest BCUT2D eigenvalue weighted by atomic mass is 9.90. The number of aromatic amines is 1. The maximum absolute atomic E-state index is 13.2. The zero-order valence-electron chi connectivity index (χ0n) is 19.9. The predicted octanol–water partition coefficient (Wildman–Crippen LogP) is 3.76. The second-order valence-corrected chi connectivity index (χ2v) is 8.44. The van der Waals surface area contributed by atoms with Gasteiger partial charge in [0, 0.05) is 61.2 Å². The molecule has 0 aliphatic heterocycles. The van der Waals surface area contributed by atoms with E-state index in [0.717, 1.165) is 28.3 Å². The minimum atomic E-state index is -5.08. The Hall–Kier alpha value is -4.19. The Balaban J connectivity index is 0.000000479. The van der Waals surface area contributed by atoms with E-state index in [-0.39, 0.29) is 24.2 Å². The number of nitrogens with zero attached hydrogens (tertiary/aromatic N) is 2. The van der Waals surface area contributed by atoms with Crippen molar-refractivity contribution in [1.29, 1.82) is 0 Å². The molecule has 37 heavy (non-hydrogen) atoms. The monoisotopic (exact) mass is 517 g/mol. The molecule has 1 atom stereocenters. The second-order valence-electron chi connectivity index (χ2n) is 8.44. The van der Waals surface area contributed by atoms with Gasteiger partial charge in [-0.15, -0.1) is 0 Å². The average Bonchev–Trinajstić information content (AvgIpc) is 3.22. The van der Waals surface area contributed by atoms with Crippen molar-refractivity contribution in [3.05, 3.63) is 66.1 Å². The average molecular weight is 518 g/mol. The third-order valence-corrected chi connectivity index (χ3v) is 5.81. The normalized spacial score (nSPS) is 14.9. The second kappa shape index (κ2) is 11.7. The lowest BCUT2D eigenvalue weighted by molar-refractivity contribution is -0.192. The number of ketones is 1.